The fourth-order valence-electron chi connectivity index (χ4n) is 1.16. The van der Waals surface area contributed by atoms with Crippen LogP contribution in [-0.2, 0) is 12.6 Å². The lowest BCUT2D eigenvalue weighted by atomic mass is 10.1. The third-order valence-electron chi connectivity index (χ3n) is 1.80. The predicted molar refractivity (Wildman–Crippen MR) is 58.0 cm³/mol. The summed E-state index contributed by atoms with van der Waals surface area (Å²) in [5, 5.41) is 8.39. The molecule has 0 aliphatic heterocycles. The molecule has 1 heterocycles. The highest BCUT2D eigenvalue weighted by atomic mass is 127. The van der Waals surface area contributed by atoms with Crippen LogP contribution in [0, 0.1) is 15.0 Å². The quantitative estimate of drug-likeness (QED) is 0.436. The summed E-state index contributed by atoms with van der Waals surface area (Å²) in [4.78, 5) is 3.33. The average molecular weight is 396 g/mol. The Morgan fingerprint density at radius 3 is 2.26 bits per heavy atom. The summed E-state index contributed by atoms with van der Waals surface area (Å²) >= 11 is 1.30. The summed E-state index contributed by atoms with van der Waals surface area (Å²) in [5.74, 6) is -1.05. The van der Waals surface area contributed by atoms with E-state index in [9.17, 15) is 26.3 Å². The van der Waals surface area contributed by atoms with E-state index in [0.29, 0.717) is 0 Å². The Labute approximate surface area is 116 Å². The molecule has 0 aromatic carbocycles. The number of aromatic nitrogens is 1. The van der Waals surface area contributed by atoms with Crippen molar-refractivity contribution in [3.05, 3.63) is 21.0 Å². The van der Waals surface area contributed by atoms with Crippen molar-refractivity contribution >= 4 is 22.6 Å². The molecule has 0 N–H and O–H groups in total. The number of pyridine rings is 1. The van der Waals surface area contributed by atoms with Crippen LogP contribution in [0.3, 0.4) is 0 Å². The van der Waals surface area contributed by atoms with Crippen LogP contribution in [0.4, 0.5) is 26.3 Å². The van der Waals surface area contributed by atoms with E-state index in [1.165, 1.54) is 28.7 Å². The third kappa shape index (κ3) is 4.41. The van der Waals surface area contributed by atoms with Crippen molar-refractivity contribution in [2.45, 2.75) is 19.0 Å². The van der Waals surface area contributed by atoms with Crippen molar-refractivity contribution in [1.29, 1.82) is 5.26 Å². The van der Waals surface area contributed by atoms with Crippen molar-refractivity contribution in [2.75, 3.05) is 0 Å². The molecule has 19 heavy (non-hydrogen) atoms. The third-order valence-corrected chi connectivity index (χ3v) is 2.57. The number of alkyl halides is 6. The molecule has 0 amide bonds. The first kappa shape index (κ1) is 15.8. The summed E-state index contributed by atoms with van der Waals surface area (Å²) in [6, 6.07) is 1.65. The molecule has 0 saturated heterocycles. The minimum atomic E-state index is -5.12. The fraction of sp³-hybridized carbons (Fsp3) is 0.333. The van der Waals surface area contributed by atoms with Gasteiger partial charge in [-0.15, -0.1) is 13.2 Å². The number of nitriles is 1. The van der Waals surface area contributed by atoms with Crippen molar-refractivity contribution in [3.8, 4) is 11.8 Å². The van der Waals surface area contributed by atoms with Crippen LogP contribution < -0.4 is 4.74 Å². The standard InChI is InChI=1S/C9H3F6IN2O/c10-8(11,12)4-3-6(19-9(13,14)15)7(16)18-5(4)1-2-17/h3H,1H2. The topological polar surface area (TPSA) is 45.9 Å². The molecule has 0 fully saturated rings. The molecular weight excluding hydrogens is 393 g/mol. The molecule has 3 nitrogen and oxygen atoms in total. The van der Waals surface area contributed by atoms with Gasteiger partial charge in [0.1, 0.15) is 3.70 Å². The van der Waals surface area contributed by atoms with Crippen LogP contribution in [0.15, 0.2) is 6.07 Å². The van der Waals surface area contributed by atoms with Gasteiger partial charge in [0.05, 0.1) is 23.7 Å². The molecule has 0 unspecified atom stereocenters. The highest BCUT2D eigenvalue weighted by molar-refractivity contribution is 14.1. The first-order valence-electron chi connectivity index (χ1n) is 4.44. The smallest absolute Gasteiger partial charge is 0.403 e. The van der Waals surface area contributed by atoms with Gasteiger partial charge in [0, 0.05) is 0 Å². The van der Waals surface area contributed by atoms with Gasteiger partial charge < -0.3 is 4.74 Å². The highest BCUT2D eigenvalue weighted by Crippen LogP contribution is 2.36. The Balaban J connectivity index is 3.35. The predicted octanol–water partition coefficient (Wildman–Crippen LogP) is 3.67. The average Bonchev–Trinajstić information content (AvgIpc) is 2.18. The molecule has 0 atom stereocenters. The van der Waals surface area contributed by atoms with Gasteiger partial charge in [0.2, 0.25) is 0 Å². The second kappa shape index (κ2) is 5.40. The van der Waals surface area contributed by atoms with Crippen LogP contribution in [0.1, 0.15) is 11.3 Å². The molecule has 0 saturated carbocycles. The Bertz CT molecular complexity index is 519. The molecule has 1 rings (SSSR count). The van der Waals surface area contributed by atoms with Gasteiger partial charge in [-0.3, -0.25) is 0 Å². The van der Waals surface area contributed by atoms with E-state index < -0.39 is 39.7 Å². The van der Waals surface area contributed by atoms with Gasteiger partial charge in [-0.2, -0.15) is 18.4 Å². The number of rotatable bonds is 2. The van der Waals surface area contributed by atoms with Crippen LogP contribution in [0.5, 0.6) is 5.75 Å². The number of halogens is 7. The molecule has 0 aliphatic carbocycles. The van der Waals surface area contributed by atoms with Crippen LogP contribution in [0.2, 0.25) is 0 Å². The zero-order valence-corrected chi connectivity index (χ0v) is 10.9. The lowest BCUT2D eigenvalue weighted by Crippen LogP contribution is -2.20. The second-order valence-electron chi connectivity index (χ2n) is 3.15. The van der Waals surface area contributed by atoms with E-state index >= 15 is 0 Å². The van der Waals surface area contributed by atoms with Crippen LogP contribution in [0.25, 0.3) is 0 Å². The number of nitrogens with zero attached hydrogens (tertiary/aromatic N) is 2. The van der Waals surface area contributed by atoms with E-state index in [0.717, 1.165) is 0 Å². The van der Waals surface area contributed by atoms with E-state index in [1.807, 2.05) is 0 Å². The monoisotopic (exact) mass is 396 g/mol. The van der Waals surface area contributed by atoms with Crippen molar-refractivity contribution < 1.29 is 31.1 Å². The second-order valence-corrected chi connectivity index (χ2v) is 4.17. The molecule has 104 valence electrons. The van der Waals surface area contributed by atoms with Gasteiger partial charge in [-0.1, -0.05) is 0 Å². The van der Waals surface area contributed by atoms with Gasteiger partial charge in [-0.25, -0.2) is 4.98 Å². The maximum atomic E-state index is 12.6. The Morgan fingerprint density at radius 2 is 1.84 bits per heavy atom. The molecule has 10 heteroatoms. The van der Waals surface area contributed by atoms with E-state index in [2.05, 4.69) is 9.72 Å². The SMILES string of the molecule is N#CCc1nc(I)c(OC(F)(F)F)cc1C(F)(F)F. The largest absolute Gasteiger partial charge is 0.573 e. The fourth-order valence-corrected chi connectivity index (χ4v) is 1.72. The molecule has 0 bridgehead atoms. The summed E-state index contributed by atoms with van der Waals surface area (Å²) in [6.07, 6.45) is -10.7. The minimum absolute atomic E-state index is 0.189. The van der Waals surface area contributed by atoms with Crippen molar-refractivity contribution in [2.24, 2.45) is 0 Å². The first-order chi connectivity index (χ1) is 8.54. The number of hydrogen-bond donors (Lipinski definition) is 0. The van der Waals surface area contributed by atoms with Gasteiger partial charge in [0.15, 0.2) is 5.75 Å². The Hall–Kier alpha value is -1.25. The Morgan fingerprint density at radius 1 is 1.26 bits per heavy atom. The van der Waals surface area contributed by atoms with Crippen LogP contribution >= 0.6 is 22.6 Å². The van der Waals surface area contributed by atoms with Crippen LogP contribution in [-0.4, -0.2) is 11.3 Å². The highest BCUT2D eigenvalue weighted by Gasteiger charge is 2.38. The lowest BCUT2D eigenvalue weighted by molar-refractivity contribution is -0.275. The number of ether oxygens (including phenoxy) is 1. The molecule has 0 spiro atoms. The van der Waals surface area contributed by atoms with E-state index in [1.54, 1.807) is 0 Å². The Kier molecular flexibility index (Phi) is 4.49. The zero-order chi connectivity index (χ0) is 14.8. The first-order valence-corrected chi connectivity index (χ1v) is 5.52. The molecule has 0 aliphatic rings. The number of hydrogen-bond acceptors (Lipinski definition) is 3. The van der Waals surface area contributed by atoms with Gasteiger partial charge in [0.25, 0.3) is 0 Å². The van der Waals surface area contributed by atoms with E-state index in [-0.39, 0.29) is 6.07 Å². The maximum absolute atomic E-state index is 12.6. The zero-order valence-electron chi connectivity index (χ0n) is 8.73. The molecule has 1 aromatic rings. The molecular formula is C9H3F6IN2O. The maximum Gasteiger partial charge on any atom is 0.573 e. The van der Waals surface area contributed by atoms with Gasteiger partial charge in [-0.05, 0) is 28.7 Å². The molecule has 0 radical (unpaired) electrons. The van der Waals surface area contributed by atoms with Crippen molar-refractivity contribution in [1.82, 2.24) is 4.98 Å². The lowest BCUT2D eigenvalue weighted by Gasteiger charge is -2.15. The van der Waals surface area contributed by atoms with Crippen molar-refractivity contribution in [3.63, 3.8) is 0 Å². The van der Waals surface area contributed by atoms with Gasteiger partial charge >= 0.3 is 12.5 Å². The summed E-state index contributed by atoms with van der Waals surface area (Å²) in [5.41, 5.74) is -2.07. The molecule has 1 aromatic heterocycles. The summed E-state index contributed by atoms with van der Waals surface area (Å²) < 4.78 is 77.0. The van der Waals surface area contributed by atoms with E-state index in [4.69, 9.17) is 5.26 Å². The summed E-state index contributed by atoms with van der Waals surface area (Å²) in [6.45, 7) is 0. The normalized spacial score (nSPS) is 12.1. The minimum Gasteiger partial charge on any atom is -0.403 e. The summed E-state index contributed by atoms with van der Waals surface area (Å²) in [7, 11) is 0.